The molecule has 0 amide bonds. The van der Waals surface area contributed by atoms with Crippen LogP contribution < -0.4 is 10.6 Å². The molecule has 0 spiro atoms. The molecule has 0 bridgehead atoms. The molecule has 0 aliphatic rings. The number of hydrogen-bond acceptors (Lipinski definition) is 2. The number of hydrogen-bond donors (Lipinski definition) is 2. The first-order valence-corrected chi connectivity index (χ1v) is 10.2. The molecule has 94 valence electrons. The average molecular weight is 298 g/mol. The highest BCUT2D eigenvalue weighted by Gasteiger charge is 2.25. The SMILES string of the molecule is O=P(O)(O)SP(c1ccccc1)c1ccccc1. The topological polar surface area (TPSA) is 57.5 Å². The van der Waals surface area contributed by atoms with Gasteiger partial charge >= 0.3 is 6.80 Å². The summed E-state index contributed by atoms with van der Waals surface area (Å²) >= 11 is 0.740. The van der Waals surface area contributed by atoms with Gasteiger partial charge in [-0.25, -0.2) is 4.57 Å². The van der Waals surface area contributed by atoms with Crippen LogP contribution in [0.25, 0.3) is 0 Å². The third kappa shape index (κ3) is 3.94. The zero-order chi connectivity index (χ0) is 13.0. The Hall–Kier alpha value is -0.630. The lowest BCUT2D eigenvalue weighted by Gasteiger charge is -2.17. The molecule has 0 radical (unpaired) electrons. The second-order valence-corrected chi connectivity index (χ2v) is 10.8. The van der Waals surface area contributed by atoms with Gasteiger partial charge in [-0.1, -0.05) is 60.7 Å². The molecule has 3 nitrogen and oxygen atoms in total. The van der Waals surface area contributed by atoms with Crippen LogP contribution in [0.15, 0.2) is 60.7 Å². The van der Waals surface area contributed by atoms with Crippen LogP contribution in [0.2, 0.25) is 0 Å². The Morgan fingerprint density at radius 2 is 1.22 bits per heavy atom. The van der Waals surface area contributed by atoms with E-state index in [0.29, 0.717) is 0 Å². The lowest BCUT2D eigenvalue weighted by molar-refractivity contribution is 0.397. The molecule has 6 heteroatoms. The molecule has 0 aliphatic carbocycles. The Bertz CT molecular complexity index is 502. The van der Waals surface area contributed by atoms with E-state index in [-0.39, 0.29) is 0 Å². The summed E-state index contributed by atoms with van der Waals surface area (Å²) in [4.78, 5) is 18.4. The summed E-state index contributed by atoms with van der Waals surface area (Å²) in [6, 6.07) is 18.9. The fourth-order valence-corrected chi connectivity index (χ4v) is 8.61. The fraction of sp³-hybridized carbons (Fsp3) is 0. The molecule has 0 aromatic heterocycles. The predicted molar refractivity (Wildman–Crippen MR) is 78.7 cm³/mol. The van der Waals surface area contributed by atoms with Crippen LogP contribution in [0.4, 0.5) is 0 Å². The van der Waals surface area contributed by atoms with Crippen molar-refractivity contribution >= 4 is 35.5 Å². The van der Waals surface area contributed by atoms with E-state index in [0.717, 1.165) is 21.6 Å². The fourth-order valence-electron chi connectivity index (χ4n) is 1.48. The molecule has 2 aromatic rings. The molecule has 2 aromatic carbocycles. The molecule has 0 unspecified atom stereocenters. The van der Waals surface area contributed by atoms with Gasteiger partial charge in [-0.3, -0.25) is 0 Å². The first kappa shape index (κ1) is 13.8. The highest BCUT2D eigenvalue weighted by Crippen LogP contribution is 2.67. The van der Waals surface area contributed by atoms with Crippen LogP contribution in [0.3, 0.4) is 0 Å². The van der Waals surface area contributed by atoms with E-state index in [1.165, 1.54) is 0 Å². The van der Waals surface area contributed by atoms with E-state index < -0.39 is 13.9 Å². The van der Waals surface area contributed by atoms with Gasteiger partial charge in [0.1, 0.15) is 0 Å². The summed E-state index contributed by atoms with van der Waals surface area (Å²) in [6.07, 6.45) is 0. The van der Waals surface area contributed by atoms with E-state index >= 15 is 0 Å². The Balaban J connectivity index is 2.39. The third-order valence-corrected chi connectivity index (χ3v) is 9.86. The van der Waals surface area contributed by atoms with Crippen molar-refractivity contribution in [3.05, 3.63) is 60.7 Å². The van der Waals surface area contributed by atoms with E-state index in [1.54, 1.807) is 0 Å². The smallest absolute Gasteiger partial charge is 0.316 e. The second kappa shape index (κ2) is 6.01. The minimum absolute atomic E-state index is 0.740. The van der Waals surface area contributed by atoms with Crippen molar-refractivity contribution < 1.29 is 14.4 Å². The van der Waals surface area contributed by atoms with Crippen molar-refractivity contribution in [3.63, 3.8) is 0 Å². The zero-order valence-corrected chi connectivity index (χ0v) is 12.0. The monoisotopic (exact) mass is 298 g/mol. The standard InChI is InChI=1S/C12H12O3P2S/c13-17(14,15)18-16(11-7-3-1-4-8-11)12-9-5-2-6-10-12/h1-10H,(H2,13,14,15). The summed E-state index contributed by atoms with van der Waals surface area (Å²) in [5.74, 6) is 0. The van der Waals surface area contributed by atoms with Crippen molar-refractivity contribution in [2.45, 2.75) is 0 Å². The minimum atomic E-state index is -4.11. The summed E-state index contributed by atoms with van der Waals surface area (Å²) < 4.78 is 11.3. The van der Waals surface area contributed by atoms with E-state index in [9.17, 15) is 14.4 Å². The number of benzene rings is 2. The van der Waals surface area contributed by atoms with Crippen LogP contribution in [-0.4, -0.2) is 9.79 Å². The van der Waals surface area contributed by atoms with Gasteiger partial charge in [-0.05, 0) is 21.6 Å². The van der Waals surface area contributed by atoms with E-state index in [4.69, 9.17) is 0 Å². The number of rotatable bonds is 4. The van der Waals surface area contributed by atoms with Crippen molar-refractivity contribution in [1.82, 2.24) is 0 Å². The van der Waals surface area contributed by atoms with E-state index in [1.807, 2.05) is 60.7 Å². The first-order valence-electron chi connectivity index (χ1n) is 5.22. The summed E-state index contributed by atoms with van der Waals surface area (Å²) in [5, 5.41) is 1.90. The molecule has 0 saturated carbocycles. The molecule has 2 rings (SSSR count). The lowest BCUT2D eigenvalue weighted by Crippen LogP contribution is -2.08. The molecule has 0 atom stereocenters. The highest BCUT2D eigenvalue weighted by atomic mass is 33.1. The zero-order valence-electron chi connectivity index (χ0n) is 9.38. The molecule has 0 saturated heterocycles. The van der Waals surface area contributed by atoms with Crippen LogP contribution in [-0.2, 0) is 4.57 Å². The summed E-state index contributed by atoms with van der Waals surface area (Å²) in [7, 11) is -1.09. The highest BCUT2D eigenvalue weighted by molar-refractivity contribution is 8.87. The molecule has 2 N–H and O–H groups in total. The summed E-state index contributed by atoms with van der Waals surface area (Å²) in [6.45, 7) is -4.11. The van der Waals surface area contributed by atoms with Crippen molar-refractivity contribution in [1.29, 1.82) is 0 Å². The Labute approximate surface area is 111 Å². The maximum atomic E-state index is 11.3. The average Bonchev–Trinajstić information content (AvgIpc) is 2.37. The van der Waals surface area contributed by atoms with Gasteiger partial charge in [-0.15, -0.1) is 0 Å². The van der Waals surface area contributed by atoms with Crippen molar-refractivity contribution in [2.24, 2.45) is 0 Å². The third-order valence-electron chi connectivity index (χ3n) is 2.17. The van der Waals surface area contributed by atoms with Gasteiger partial charge in [0.25, 0.3) is 0 Å². The Kier molecular flexibility index (Phi) is 4.60. The lowest BCUT2D eigenvalue weighted by atomic mass is 10.4. The first-order chi connectivity index (χ1) is 8.56. The molecular formula is C12H12O3P2S. The van der Waals surface area contributed by atoms with Gasteiger partial charge in [0.2, 0.25) is 0 Å². The van der Waals surface area contributed by atoms with Crippen LogP contribution in [0, 0.1) is 0 Å². The van der Waals surface area contributed by atoms with Crippen molar-refractivity contribution in [2.75, 3.05) is 0 Å². The van der Waals surface area contributed by atoms with Crippen LogP contribution in [0.1, 0.15) is 0 Å². The molecule has 0 aliphatic heterocycles. The van der Waals surface area contributed by atoms with Gasteiger partial charge < -0.3 is 9.79 Å². The Morgan fingerprint density at radius 3 is 1.56 bits per heavy atom. The largest absolute Gasteiger partial charge is 0.388 e. The molecule has 18 heavy (non-hydrogen) atoms. The molecular weight excluding hydrogens is 286 g/mol. The maximum absolute atomic E-state index is 11.3. The Morgan fingerprint density at radius 1 is 0.833 bits per heavy atom. The predicted octanol–water partition coefficient (Wildman–Crippen LogP) is 2.86. The molecule has 0 heterocycles. The van der Waals surface area contributed by atoms with Gasteiger partial charge in [-0.2, -0.15) is 0 Å². The van der Waals surface area contributed by atoms with Gasteiger partial charge in [0, 0.05) is 7.12 Å². The van der Waals surface area contributed by atoms with Crippen LogP contribution in [0.5, 0.6) is 0 Å². The maximum Gasteiger partial charge on any atom is 0.388 e. The molecule has 0 fully saturated rings. The quantitative estimate of drug-likeness (QED) is 0.852. The normalized spacial score (nSPS) is 11.7. The van der Waals surface area contributed by atoms with Gasteiger partial charge in [0.15, 0.2) is 0 Å². The van der Waals surface area contributed by atoms with E-state index in [2.05, 4.69) is 0 Å². The summed E-state index contributed by atoms with van der Waals surface area (Å²) in [5.41, 5.74) is 0. The van der Waals surface area contributed by atoms with Crippen LogP contribution >= 0.6 is 24.9 Å². The van der Waals surface area contributed by atoms with Crippen molar-refractivity contribution in [3.8, 4) is 0 Å². The second-order valence-electron chi connectivity index (χ2n) is 3.54. The minimum Gasteiger partial charge on any atom is -0.316 e. The van der Waals surface area contributed by atoms with Gasteiger partial charge in [0.05, 0.1) is 0 Å².